The molecule has 0 fully saturated rings. The molecule has 18 heavy (non-hydrogen) atoms. The minimum absolute atomic E-state index is 0.481. The van der Waals surface area contributed by atoms with Crippen LogP contribution in [0.15, 0.2) is 30.5 Å². The number of fused-ring (bicyclic) bond motifs is 1. The monoisotopic (exact) mass is 260 g/mol. The molecule has 1 aliphatic heterocycles. The molecule has 0 saturated carbocycles. The first-order valence-corrected chi connectivity index (χ1v) is 6.28. The van der Waals surface area contributed by atoms with Gasteiger partial charge in [0.2, 0.25) is 5.95 Å². The molecule has 1 aliphatic rings. The summed E-state index contributed by atoms with van der Waals surface area (Å²) in [6, 6.07) is 7.53. The van der Waals surface area contributed by atoms with Crippen LogP contribution in [0, 0.1) is 5.41 Å². The maximum Gasteiger partial charge on any atom is 0.204 e. The van der Waals surface area contributed by atoms with Crippen LogP contribution in [0.5, 0.6) is 0 Å². The third-order valence-corrected chi connectivity index (χ3v) is 3.31. The molecule has 2 N–H and O–H groups in total. The fraction of sp³-hybridized carbons (Fsp3) is 0.231. The quantitative estimate of drug-likeness (QED) is 0.828. The summed E-state index contributed by atoms with van der Waals surface area (Å²) in [6.07, 6.45) is 2.75. The Balaban J connectivity index is 2.16. The maximum atomic E-state index is 8.27. The van der Waals surface area contributed by atoms with Crippen molar-refractivity contribution in [3.63, 3.8) is 0 Å². The number of anilines is 1. The first-order chi connectivity index (χ1) is 8.75. The minimum atomic E-state index is 0.481. The Morgan fingerprint density at radius 1 is 1.39 bits per heavy atom. The van der Waals surface area contributed by atoms with Gasteiger partial charge in [-0.15, -0.1) is 0 Å². The lowest BCUT2D eigenvalue weighted by atomic mass is 10.1. The van der Waals surface area contributed by atoms with E-state index >= 15 is 0 Å². The van der Waals surface area contributed by atoms with Crippen LogP contribution in [0.3, 0.4) is 0 Å². The zero-order valence-electron chi connectivity index (χ0n) is 9.78. The highest BCUT2D eigenvalue weighted by molar-refractivity contribution is 6.30. The summed E-state index contributed by atoms with van der Waals surface area (Å²) < 4.78 is 1.90. The van der Waals surface area contributed by atoms with Crippen LogP contribution in [-0.4, -0.2) is 16.1 Å². The van der Waals surface area contributed by atoms with Gasteiger partial charge >= 0.3 is 0 Å². The van der Waals surface area contributed by atoms with Crippen molar-refractivity contribution in [2.75, 3.05) is 11.9 Å². The van der Waals surface area contributed by atoms with Crippen molar-refractivity contribution in [1.29, 1.82) is 5.41 Å². The van der Waals surface area contributed by atoms with Gasteiger partial charge in [0.1, 0.15) is 5.49 Å². The van der Waals surface area contributed by atoms with Crippen LogP contribution < -0.4 is 10.8 Å². The van der Waals surface area contributed by atoms with Gasteiger partial charge in [0, 0.05) is 29.9 Å². The largest absolute Gasteiger partial charge is 0.356 e. The normalized spacial score (nSPS) is 13.8. The summed E-state index contributed by atoms with van der Waals surface area (Å²) in [5, 5.41) is 12.1. The number of benzene rings is 1. The molecule has 0 atom stereocenters. The van der Waals surface area contributed by atoms with E-state index in [0.717, 1.165) is 36.6 Å². The highest BCUT2D eigenvalue weighted by Gasteiger charge is 2.12. The molecule has 2 aromatic rings. The zero-order valence-corrected chi connectivity index (χ0v) is 10.5. The molecule has 5 heteroatoms. The molecule has 1 aromatic heterocycles. The van der Waals surface area contributed by atoms with Gasteiger partial charge in [-0.3, -0.25) is 9.98 Å². The molecule has 92 valence electrons. The van der Waals surface area contributed by atoms with Crippen LogP contribution in [0.25, 0.3) is 11.1 Å². The average molecular weight is 261 g/mol. The third kappa shape index (κ3) is 1.88. The number of halogens is 1. The molecule has 0 radical (unpaired) electrons. The topological polar surface area (TPSA) is 53.7 Å². The van der Waals surface area contributed by atoms with Crippen LogP contribution in [0.4, 0.5) is 5.95 Å². The van der Waals surface area contributed by atoms with Crippen molar-refractivity contribution in [3.05, 3.63) is 41.0 Å². The molecule has 1 aromatic carbocycles. The fourth-order valence-corrected chi connectivity index (χ4v) is 2.36. The molecule has 3 rings (SSSR count). The summed E-state index contributed by atoms with van der Waals surface area (Å²) >= 11 is 5.99. The first-order valence-electron chi connectivity index (χ1n) is 5.90. The van der Waals surface area contributed by atoms with E-state index in [-0.39, 0.29) is 0 Å². The molecule has 0 aliphatic carbocycles. The van der Waals surface area contributed by atoms with Crippen molar-refractivity contribution < 1.29 is 0 Å². The zero-order chi connectivity index (χ0) is 12.5. The van der Waals surface area contributed by atoms with Crippen molar-refractivity contribution in [3.8, 4) is 11.1 Å². The van der Waals surface area contributed by atoms with E-state index in [1.54, 1.807) is 6.20 Å². The lowest BCUT2D eigenvalue weighted by Gasteiger charge is -2.20. The van der Waals surface area contributed by atoms with Crippen molar-refractivity contribution >= 4 is 17.5 Å². The predicted octanol–water partition coefficient (Wildman–Crippen LogP) is 2.50. The van der Waals surface area contributed by atoms with E-state index < -0.39 is 0 Å². The molecule has 0 unspecified atom stereocenters. The van der Waals surface area contributed by atoms with Crippen molar-refractivity contribution in [2.24, 2.45) is 0 Å². The van der Waals surface area contributed by atoms with E-state index in [0.29, 0.717) is 10.5 Å². The molecule has 0 spiro atoms. The molecular weight excluding hydrogens is 248 g/mol. The standard InChI is InChI=1S/C13H13ClN4/c14-10-4-1-3-9(7-10)11-8-17-13-16-5-2-6-18(13)12(11)15/h1,3-4,7-8,15H,2,5-6H2,(H,16,17). The van der Waals surface area contributed by atoms with Gasteiger partial charge < -0.3 is 5.32 Å². The van der Waals surface area contributed by atoms with Gasteiger partial charge in [-0.05, 0) is 24.1 Å². The van der Waals surface area contributed by atoms with E-state index in [1.165, 1.54) is 0 Å². The van der Waals surface area contributed by atoms with Crippen LogP contribution in [-0.2, 0) is 6.54 Å². The Kier molecular flexibility index (Phi) is 2.80. The van der Waals surface area contributed by atoms with Gasteiger partial charge in [-0.2, -0.15) is 0 Å². The second-order valence-electron chi connectivity index (χ2n) is 4.29. The Hall–Kier alpha value is -1.81. The molecule has 4 nitrogen and oxygen atoms in total. The number of nitrogens with zero attached hydrogens (tertiary/aromatic N) is 2. The van der Waals surface area contributed by atoms with Crippen LogP contribution in [0.2, 0.25) is 5.02 Å². The van der Waals surface area contributed by atoms with Gasteiger partial charge in [-0.25, -0.2) is 4.98 Å². The van der Waals surface area contributed by atoms with E-state index in [1.807, 2.05) is 28.8 Å². The number of aromatic nitrogens is 2. The highest BCUT2D eigenvalue weighted by Crippen LogP contribution is 2.20. The lowest BCUT2D eigenvalue weighted by Crippen LogP contribution is -2.30. The summed E-state index contributed by atoms with van der Waals surface area (Å²) in [5.41, 5.74) is 2.22. The van der Waals surface area contributed by atoms with Gasteiger partial charge in [0.05, 0.1) is 0 Å². The molecule has 2 heterocycles. The summed E-state index contributed by atoms with van der Waals surface area (Å²) in [4.78, 5) is 4.37. The van der Waals surface area contributed by atoms with E-state index in [4.69, 9.17) is 17.0 Å². The summed E-state index contributed by atoms with van der Waals surface area (Å²) in [5.74, 6) is 0.775. The van der Waals surface area contributed by atoms with Gasteiger partial charge in [-0.1, -0.05) is 23.7 Å². The summed E-state index contributed by atoms with van der Waals surface area (Å²) in [7, 11) is 0. The molecule has 0 bridgehead atoms. The lowest BCUT2D eigenvalue weighted by molar-refractivity contribution is 0.585. The van der Waals surface area contributed by atoms with Gasteiger partial charge in [0.15, 0.2) is 0 Å². The average Bonchev–Trinajstić information content (AvgIpc) is 2.39. The van der Waals surface area contributed by atoms with Crippen molar-refractivity contribution in [2.45, 2.75) is 13.0 Å². The van der Waals surface area contributed by atoms with E-state index in [2.05, 4.69) is 10.3 Å². The third-order valence-electron chi connectivity index (χ3n) is 3.07. The highest BCUT2D eigenvalue weighted by atomic mass is 35.5. The number of hydrogen-bond acceptors (Lipinski definition) is 3. The molecular formula is C13H13ClN4. The Morgan fingerprint density at radius 3 is 3.11 bits per heavy atom. The van der Waals surface area contributed by atoms with E-state index in [9.17, 15) is 0 Å². The smallest absolute Gasteiger partial charge is 0.204 e. The number of hydrogen-bond donors (Lipinski definition) is 2. The fourth-order valence-electron chi connectivity index (χ4n) is 2.17. The van der Waals surface area contributed by atoms with Gasteiger partial charge in [0.25, 0.3) is 0 Å². The Morgan fingerprint density at radius 2 is 2.28 bits per heavy atom. The summed E-state index contributed by atoms with van der Waals surface area (Å²) in [6.45, 7) is 1.76. The second kappa shape index (κ2) is 4.46. The predicted molar refractivity (Wildman–Crippen MR) is 71.6 cm³/mol. The molecule has 0 saturated heterocycles. The maximum absolute atomic E-state index is 8.27. The first kappa shape index (κ1) is 11.3. The number of rotatable bonds is 1. The van der Waals surface area contributed by atoms with Crippen LogP contribution >= 0.6 is 11.6 Å². The van der Waals surface area contributed by atoms with Crippen LogP contribution in [0.1, 0.15) is 6.42 Å². The SMILES string of the molecule is N=c1c(-c2cccc(Cl)c2)cnc2n1CCCN2. The Bertz CT molecular complexity index is 648. The number of nitrogens with one attached hydrogen (secondary N) is 2. The Labute approximate surface area is 110 Å². The second-order valence-corrected chi connectivity index (χ2v) is 4.72. The molecule has 0 amide bonds. The minimum Gasteiger partial charge on any atom is -0.356 e. The van der Waals surface area contributed by atoms with Crippen molar-refractivity contribution in [1.82, 2.24) is 9.55 Å².